The number of nitrogens with one attached hydrogen (secondary N) is 2. The second-order valence-electron chi connectivity index (χ2n) is 4.96. The van der Waals surface area contributed by atoms with E-state index in [2.05, 4.69) is 26.0 Å². The zero-order valence-corrected chi connectivity index (χ0v) is 14.0. The first-order chi connectivity index (χ1) is 11.2. The number of amides is 2. The Morgan fingerprint density at radius 1 is 1.43 bits per heavy atom. The number of anilines is 1. The van der Waals surface area contributed by atoms with E-state index < -0.39 is 0 Å². The van der Waals surface area contributed by atoms with Crippen LogP contribution >= 0.6 is 23.1 Å². The van der Waals surface area contributed by atoms with Crippen molar-refractivity contribution in [2.24, 2.45) is 0 Å². The normalized spacial score (nSPS) is 13.8. The summed E-state index contributed by atoms with van der Waals surface area (Å²) >= 11 is 2.49. The first-order valence-electron chi connectivity index (χ1n) is 7.16. The van der Waals surface area contributed by atoms with Crippen molar-refractivity contribution in [2.75, 3.05) is 17.6 Å². The number of carbonyl (C=O) groups is 2. The quantitative estimate of drug-likeness (QED) is 0.577. The van der Waals surface area contributed by atoms with E-state index in [1.165, 1.54) is 23.1 Å². The van der Waals surface area contributed by atoms with Crippen LogP contribution in [0.25, 0.3) is 0 Å². The number of rotatable bonds is 7. The molecule has 2 amide bonds. The molecule has 8 nitrogen and oxygen atoms in total. The van der Waals surface area contributed by atoms with Gasteiger partial charge in [-0.3, -0.25) is 14.9 Å². The van der Waals surface area contributed by atoms with Crippen LogP contribution in [0.4, 0.5) is 5.13 Å². The van der Waals surface area contributed by atoms with Gasteiger partial charge in [0.05, 0.1) is 5.75 Å². The van der Waals surface area contributed by atoms with Gasteiger partial charge in [-0.15, -0.1) is 10.2 Å². The molecule has 0 aliphatic heterocycles. The van der Waals surface area contributed by atoms with Gasteiger partial charge in [0.15, 0.2) is 10.0 Å². The third-order valence-corrected chi connectivity index (χ3v) is 5.04. The molecule has 2 aromatic rings. The van der Waals surface area contributed by atoms with E-state index in [-0.39, 0.29) is 23.3 Å². The Labute approximate surface area is 140 Å². The molecule has 0 radical (unpaired) electrons. The lowest BCUT2D eigenvalue weighted by atomic mass is 10.3. The smallest absolute Gasteiger partial charge is 0.279 e. The fraction of sp³-hybridized carbons (Fsp3) is 0.462. The molecule has 0 aromatic carbocycles. The Morgan fingerprint density at radius 2 is 2.26 bits per heavy atom. The van der Waals surface area contributed by atoms with Gasteiger partial charge in [0.1, 0.15) is 5.76 Å². The maximum atomic E-state index is 12.1. The molecule has 2 aromatic heterocycles. The molecule has 0 bridgehead atoms. The Bertz CT molecular complexity index is 710. The molecule has 122 valence electrons. The third kappa shape index (κ3) is 4.29. The molecule has 23 heavy (non-hydrogen) atoms. The highest BCUT2D eigenvalue weighted by molar-refractivity contribution is 8.01. The van der Waals surface area contributed by atoms with E-state index in [4.69, 9.17) is 4.52 Å². The summed E-state index contributed by atoms with van der Waals surface area (Å²) in [4.78, 5) is 23.4. The summed E-state index contributed by atoms with van der Waals surface area (Å²) in [6, 6.07) is 1.67. The highest BCUT2D eigenvalue weighted by atomic mass is 32.2. The number of aromatic nitrogens is 3. The molecule has 1 aliphatic rings. The van der Waals surface area contributed by atoms with Crippen molar-refractivity contribution in [3.8, 4) is 0 Å². The Balaban J connectivity index is 1.53. The maximum Gasteiger partial charge on any atom is 0.279 e. The zero-order valence-electron chi connectivity index (χ0n) is 12.4. The molecule has 3 rings (SSSR count). The predicted molar refractivity (Wildman–Crippen MR) is 85.7 cm³/mol. The van der Waals surface area contributed by atoms with Crippen molar-refractivity contribution in [3.63, 3.8) is 0 Å². The highest BCUT2D eigenvalue weighted by Gasteiger charge is 2.29. The topological polar surface area (TPSA) is 110 Å². The molecule has 2 heterocycles. The number of carbonyl (C=O) groups excluding carboxylic acids is 2. The van der Waals surface area contributed by atoms with Crippen LogP contribution in [0.5, 0.6) is 0 Å². The number of hydrogen-bond acceptors (Lipinski definition) is 8. The molecule has 0 atom stereocenters. The van der Waals surface area contributed by atoms with Gasteiger partial charge in [-0.05, 0) is 19.8 Å². The van der Waals surface area contributed by atoms with Crippen LogP contribution in [0.1, 0.15) is 41.9 Å². The molecule has 10 heteroatoms. The summed E-state index contributed by atoms with van der Waals surface area (Å²) in [6.07, 6.45) is 2.16. The molecular weight excluding hydrogens is 338 g/mol. The zero-order chi connectivity index (χ0) is 16.2. The van der Waals surface area contributed by atoms with Crippen molar-refractivity contribution in [3.05, 3.63) is 17.5 Å². The summed E-state index contributed by atoms with van der Waals surface area (Å²) in [5.74, 6) is 0.990. The monoisotopic (exact) mass is 353 g/mol. The molecule has 0 saturated heterocycles. The van der Waals surface area contributed by atoms with Crippen molar-refractivity contribution in [2.45, 2.75) is 30.0 Å². The van der Waals surface area contributed by atoms with Crippen molar-refractivity contribution in [1.29, 1.82) is 0 Å². The summed E-state index contributed by atoms with van der Waals surface area (Å²) in [7, 11) is 0. The molecule has 0 unspecified atom stereocenters. The second-order valence-corrected chi connectivity index (χ2v) is 7.16. The minimum absolute atomic E-state index is 0.0616. The van der Waals surface area contributed by atoms with Crippen LogP contribution in [0.2, 0.25) is 0 Å². The third-order valence-electron chi connectivity index (χ3n) is 3.07. The number of thioether (sulfide) groups is 1. The van der Waals surface area contributed by atoms with Gasteiger partial charge >= 0.3 is 0 Å². The van der Waals surface area contributed by atoms with E-state index in [1.807, 2.05) is 6.92 Å². The number of nitrogens with zero attached hydrogens (tertiary/aromatic N) is 3. The highest BCUT2D eigenvalue weighted by Crippen LogP contribution is 2.40. The first-order valence-corrected chi connectivity index (χ1v) is 8.97. The van der Waals surface area contributed by atoms with E-state index in [0.717, 1.165) is 18.6 Å². The van der Waals surface area contributed by atoms with E-state index in [9.17, 15) is 9.59 Å². The predicted octanol–water partition coefficient (Wildman–Crippen LogP) is 1.88. The fourth-order valence-electron chi connectivity index (χ4n) is 1.81. The maximum absolute atomic E-state index is 12.1. The Kier molecular flexibility index (Phi) is 4.91. The molecular formula is C13H15N5O3S2. The van der Waals surface area contributed by atoms with E-state index in [1.54, 1.807) is 6.07 Å². The van der Waals surface area contributed by atoms with Crippen LogP contribution in [0.15, 0.2) is 14.9 Å². The lowest BCUT2D eigenvalue weighted by Gasteiger charge is -1.98. The molecule has 0 spiro atoms. The SMILES string of the molecule is CCNC(=O)CSc1nnc(NC(=O)c2cc(C3CC3)on2)s1. The number of hydrogen-bond donors (Lipinski definition) is 2. The first kappa shape index (κ1) is 15.9. The van der Waals surface area contributed by atoms with Crippen LogP contribution in [-0.4, -0.2) is 39.5 Å². The summed E-state index contributed by atoms with van der Waals surface area (Å²) in [5, 5.41) is 17.3. The van der Waals surface area contributed by atoms with Crippen LogP contribution < -0.4 is 10.6 Å². The summed E-state index contributed by atoms with van der Waals surface area (Å²) < 4.78 is 5.76. The van der Waals surface area contributed by atoms with Crippen molar-refractivity contribution in [1.82, 2.24) is 20.7 Å². The van der Waals surface area contributed by atoms with Crippen LogP contribution in [0, 0.1) is 0 Å². The standard InChI is InChI=1S/C13H15N5O3S2/c1-2-14-10(19)6-22-13-17-16-12(23-13)15-11(20)8-5-9(21-18-8)7-3-4-7/h5,7H,2-4,6H2,1H3,(H,14,19)(H,15,16,20). The molecule has 1 fully saturated rings. The van der Waals surface area contributed by atoms with Gasteiger partial charge in [-0.1, -0.05) is 28.3 Å². The lowest BCUT2D eigenvalue weighted by Crippen LogP contribution is -2.24. The second kappa shape index (κ2) is 7.09. The largest absolute Gasteiger partial charge is 0.360 e. The average molecular weight is 353 g/mol. The van der Waals surface area contributed by atoms with Crippen LogP contribution in [0.3, 0.4) is 0 Å². The summed E-state index contributed by atoms with van der Waals surface area (Å²) in [5.41, 5.74) is 0.235. The molecule has 1 aliphatic carbocycles. The van der Waals surface area contributed by atoms with Crippen molar-refractivity contribution >= 4 is 40.0 Å². The van der Waals surface area contributed by atoms with Gasteiger partial charge in [-0.25, -0.2) is 0 Å². The molecule has 1 saturated carbocycles. The minimum atomic E-state index is -0.378. The van der Waals surface area contributed by atoms with Crippen LogP contribution in [-0.2, 0) is 4.79 Å². The van der Waals surface area contributed by atoms with E-state index in [0.29, 0.717) is 21.9 Å². The minimum Gasteiger partial charge on any atom is -0.360 e. The van der Waals surface area contributed by atoms with E-state index >= 15 is 0 Å². The summed E-state index contributed by atoms with van der Waals surface area (Å²) in [6.45, 7) is 2.46. The Hall–Kier alpha value is -1.94. The van der Waals surface area contributed by atoms with Gasteiger partial charge in [0, 0.05) is 18.5 Å². The van der Waals surface area contributed by atoms with Gasteiger partial charge in [-0.2, -0.15) is 0 Å². The van der Waals surface area contributed by atoms with Gasteiger partial charge < -0.3 is 9.84 Å². The fourth-order valence-corrected chi connectivity index (χ4v) is 3.39. The average Bonchev–Trinajstić information content (AvgIpc) is 3.09. The van der Waals surface area contributed by atoms with Gasteiger partial charge in [0.25, 0.3) is 5.91 Å². The van der Waals surface area contributed by atoms with Crippen molar-refractivity contribution < 1.29 is 14.1 Å². The molecule has 2 N–H and O–H groups in total. The lowest BCUT2D eigenvalue weighted by molar-refractivity contribution is -0.118. The van der Waals surface area contributed by atoms with Gasteiger partial charge in [0.2, 0.25) is 11.0 Å². The Morgan fingerprint density at radius 3 is 3.00 bits per heavy atom.